The Bertz CT molecular complexity index is 719. The summed E-state index contributed by atoms with van der Waals surface area (Å²) >= 11 is 0. The molecular weight excluding hydrogens is 337 g/mol. The van der Waals surface area contributed by atoms with Crippen molar-refractivity contribution in [2.45, 2.75) is 38.1 Å². The fourth-order valence-electron chi connectivity index (χ4n) is 3.49. The largest absolute Gasteiger partial charge is 0.497 e. The number of carbonyl (C=O) groups is 1. The summed E-state index contributed by atoms with van der Waals surface area (Å²) in [6.07, 6.45) is -3.86. The van der Waals surface area contributed by atoms with Crippen molar-refractivity contribution in [1.29, 1.82) is 0 Å². The lowest BCUT2D eigenvalue weighted by atomic mass is 9.76. The summed E-state index contributed by atoms with van der Waals surface area (Å²) in [5, 5.41) is 14.7. The third-order valence-electron chi connectivity index (χ3n) is 4.90. The third kappa shape index (κ3) is 2.78. The molecule has 1 saturated carbocycles. The van der Waals surface area contributed by atoms with Gasteiger partial charge in [-0.05, 0) is 43.4 Å². The van der Waals surface area contributed by atoms with Crippen molar-refractivity contribution in [2.24, 2.45) is 16.9 Å². The fraction of sp³-hybridized carbons (Fsp3) is 0.529. The molecule has 1 heterocycles. The first-order valence-electron chi connectivity index (χ1n) is 8.03. The van der Waals surface area contributed by atoms with Crippen LogP contribution in [0, 0.1) is 11.8 Å². The van der Waals surface area contributed by atoms with Gasteiger partial charge in [0.1, 0.15) is 5.75 Å². The Morgan fingerprint density at radius 2 is 2.16 bits per heavy atom. The summed E-state index contributed by atoms with van der Waals surface area (Å²) in [6.45, 7) is 1.83. The first-order chi connectivity index (χ1) is 11.7. The molecule has 3 rings (SSSR count). The summed E-state index contributed by atoms with van der Waals surface area (Å²) in [5.74, 6) is -1.89. The number of halogens is 3. The van der Waals surface area contributed by atoms with Gasteiger partial charge in [0.2, 0.25) is 0 Å². The van der Waals surface area contributed by atoms with Crippen molar-refractivity contribution in [3.05, 3.63) is 29.8 Å². The van der Waals surface area contributed by atoms with E-state index in [0.29, 0.717) is 18.6 Å². The van der Waals surface area contributed by atoms with E-state index in [1.54, 1.807) is 6.07 Å². The lowest BCUT2D eigenvalue weighted by Gasteiger charge is -2.39. The van der Waals surface area contributed by atoms with Gasteiger partial charge < -0.3 is 9.84 Å². The lowest BCUT2D eigenvalue weighted by molar-refractivity contribution is -0.313. The molecule has 1 aliphatic heterocycles. The molecule has 1 aromatic rings. The van der Waals surface area contributed by atoms with E-state index in [1.165, 1.54) is 25.3 Å². The topological polar surface area (TPSA) is 62.1 Å². The maximum absolute atomic E-state index is 13.8. The summed E-state index contributed by atoms with van der Waals surface area (Å²) in [5.41, 5.74) is -3.12. The van der Waals surface area contributed by atoms with E-state index in [-0.39, 0.29) is 28.6 Å². The van der Waals surface area contributed by atoms with Crippen LogP contribution in [-0.4, -0.2) is 40.7 Å². The van der Waals surface area contributed by atoms with Crippen LogP contribution in [0.1, 0.15) is 36.5 Å². The van der Waals surface area contributed by atoms with Gasteiger partial charge in [0.05, 0.1) is 13.0 Å². The number of hydrogen-bond donors (Lipinski definition) is 1. The molecule has 1 fully saturated rings. The maximum atomic E-state index is 13.8. The first-order valence-corrected chi connectivity index (χ1v) is 8.03. The van der Waals surface area contributed by atoms with Crippen LogP contribution in [0.25, 0.3) is 0 Å². The molecule has 8 heteroatoms. The first kappa shape index (κ1) is 17.7. The Kier molecular flexibility index (Phi) is 4.26. The molecule has 1 aliphatic carbocycles. The van der Waals surface area contributed by atoms with Gasteiger partial charge >= 0.3 is 6.18 Å². The van der Waals surface area contributed by atoms with E-state index in [9.17, 15) is 23.1 Å². The molecule has 1 amide bonds. The minimum absolute atomic E-state index is 0.0182. The van der Waals surface area contributed by atoms with Crippen molar-refractivity contribution in [2.75, 3.05) is 7.11 Å². The molecule has 1 N–H and O–H groups in total. The van der Waals surface area contributed by atoms with Crippen LogP contribution in [0.3, 0.4) is 0 Å². The molecule has 0 aromatic heterocycles. The van der Waals surface area contributed by atoms with Gasteiger partial charge in [0.25, 0.3) is 11.6 Å². The van der Waals surface area contributed by atoms with Crippen molar-refractivity contribution in [3.63, 3.8) is 0 Å². The standard InChI is InChI=1S/C17H19F3N2O3/c1-10-6-7-14-13(8-10)16(24,17(18,19)20)22(21-14)15(23)11-4-3-5-12(9-11)25-2/h3-5,9-10,13,24H,6-8H2,1-2H3/t10-,13-,16-/m1/s1. The predicted octanol–water partition coefficient (Wildman–Crippen LogP) is 3.19. The molecule has 1 aromatic carbocycles. The highest BCUT2D eigenvalue weighted by molar-refractivity contribution is 5.99. The Hall–Kier alpha value is -2.09. The molecule has 25 heavy (non-hydrogen) atoms. The molecule has 3 atom stereocenters. The SMILES string of the molecule is COc1cccc(C(=O)N2N=C3CC[C@@H](C)C[C@H]3[C@@]2(O)C(F)(F)F)c1. The summed E-state index contributed by atoms with van der Waals surface area (Å²) < 4.78 is 46.3. The molecular formula is C17H19F3N2O3. The smallest absolute Gasteiger partial charge is 0.439 e. The number of nitrogens with zero attached hydrogens (tertiary/aromatic N) is 2. The Morgan fingerprint density at radius 3 is 2.80 bits per heavy atom. The number of hydrogen-bond acceptors (Lipinski definition) is 4. The highest BCUT2D eigenvalue weighted by atomic mass is 19.4. The Labute approximate surface area is 143 Å². The van der Waals surface area contributed by atoms with E-state index in [2.05, 4.69) is 5.10 Å². The molecule has 0 bridgehead atoms. The number of alkyl halides is 3. The van der Waals surface area contributed by atoms with Crippen LogP contribution in [0.15, 0.2) is 29.4 Å². The van der Waals surface area contributed by atoms with Gasteiger partial charge in [-0.3, -0.25) is 4.79 Å². The number of rotatable bonds is 2. The number of carbonyl (C=O) groups excluding carboxylic acids is 1. The van der Waals surface area contributed by atoms with E-state index < -0.39 is 23.7 Å². The van der Waals surface area contributed by atoms with Crippen molar-refractivity contribution < 1.29 is 27.8 Å². The number of benzene rings is 1. The van der Waals surface area contributed by atoms with E-state index in [1.807, 2.05) is 6.92 Å². The van der Waals surface area contributed by atoms with Crippen LogP contribution >= 0.6 is 0 Å². The number of fused-ring (bicyclic) bond motifs is 1. The maximum Gasteiger partial charge on any atom is 0.439 e. The highest BCUT2D eigenvalue weighted by Crippen LogP contribution is 2.49. The van der Waals surface area contributed by atoms with Crippen molar-refractivity contribution in [1.82, 2.24) is 5.01 Å². The van der Waals surface area contributed by atoms with Crippen LogP contribution in [0.4, 0.5) is 13.2 Å². The van der Waals surface area contributed by atoms with Gasteiger partial charge in [-0.2, -0.15) is 23.3 Å². The van der Waals surface area contributed by atoms with E-state index >= 15 is 0 Å². The summed E-state index contributed by atoms with van der Waals surface area (Å²) in [7, 11) is 1.39. The summed E-state index contributed by atoms with van der Waals surface area (Å²) in [4.78, 5) is 12.7. The monoisotopic (exact) mass is 356 g/mol. The Balaban J connectivity index is 2.03. The van der Waals surface area contributed by atoms with Gasteiger partial charge in [-0.15, -0.1) is 0 Å². The van der Waals surface area contributed by atoms with E-state index in [4.69, 9.17) is 4.74 Å². The number of ether oxygens (including phenoxy) is 1. The van der Waals surface area contributed by atoms with Gasteiger partial charge in [0.15, 0.2) is 0 Å². The quantitative estimate of drug-likeness (QED) is 0.885. The zero-order valence-corrected chi connectivity index (χ0v) is 13.9. The predicted molar refractivity (Wildman–Crippen MR) is 84.1 cm³/mol. The highest BCUT2D eigenvalue weighted by Gasteiger charge is 2.68. The molecule has 0 radical (unpaired) electrons. The minimum Gasteiger partial charge on any atom is -0.497 e. The second kappa shape index (κ2) is 6.01. The number of aliphatic hydroxyl groups is 1. The Morgan fingerprint density at radius 1 is 1.44 bits per heavy atom. The molecule has 5 nitrogen and oxygen atoms in total. The van der Waals surface area contributed by atoms with Crippen LogP contribution in [-0.2, 0) is 0 Å². The summed E-state index contributed by atoms with van der Waals surface area (Å²) in [6, 6.07) is 5.76. The zero-order chi connectivity index (χ0) is 18.4. The van der Waals surface area contributed by atoms with Crippen molar-refractivity contribution >= 4 is 11.6 Å². The lowest BCUT2D eigenvalue weighted by Crippen LogP contribution is -2.61. The average Bonchev–Trinajstić information content (AvgIpc) is 2.88. The zero-order valence-electron chi connectivity index (χ0n) is 13.9. The molecule has 0 saturated heterocycles. The second-order valence-electron chi connectivity index (χ2n) is 6.60. The average molecular weight is 356 g/mol. The van der Waals surface area contributed by atoms with Crippen LogP contribution < -0.4 is 4.74 Å². The van der Waals surface area contributed by atoms with Crippen molar-refractivity contribution in [3.8, 4) is 5.75 Å². The number of methoxy groups -OCH3 is 1. The van der Waals surface area contributed by atoms with Gasteiger partial charge in [-0.1, -0.05) is 13.0 Å². The van der Waals surface area contributed by atoms with Crippen LogP contribution in [0.5, 0.6) is 5.75 Å². The fourth-order valence-corrected chi connectivity index (χ4v) is 3.49. The van der Waals surface area contributed by atoms with Crippen LogP contribution in [0.2, 0.25) is 0 Å². The molecule has 136 valence electrons. The number of hydrazone groups is 1. The molecule has 2 aliphatic rings. The van der Waals surface area contributed by atoms with Gasteiger partial charge in [0, 0.05) is 11.3 Å². The second-order valence-corrected chi connectivity index (χ2v) is 6.60. The normalized spacial score (nSPS) is 29.2. The minimum atomic E-state index is -5.02. The third-order valence-corrected chi connectivity index (χ3v) is 4.90. The molecule has 0 spiro atoms. The number of amides is 1. The van der Waals surface area contributed by atoms with E-state index in [0.717, 1.165) is 0 Å². The molecule has 0 unspecified atom stereocenters. The van der Waals surface area contributed by atoms with Gasteiger partial charge in [-0.25, -0.2) is 0 Å².